The van der Waals surface area contributed by atoms with Gasteiger partial charge in [0.15, 0.2) is 5.82 Å². The zero-order valence-electron chi connectivity index (χ0n) is 8.25. The fraction of sp³-hybridized carbons (Fsp3) is 0.625. The third-order valence-electron chi connectivity index (χ3n) is 2.46. The Morgan fingerprint density at radius 3 is 2.93 bits per heavy atom. The fourth-order valence-electron chi connectivity index (χ4n) is 1.45. The van der Waals surface area contributed by atoms with E-state index in [-0.39, 0.29) is 5.75 Å². The molecule has 0 spiro atoms. The van der Waals surface area contributed by atoms with Crippen LogP contribution in [0.4, 0.5) is 0 Å². The number of aliphatic carboxylic acids is 1. The van der Waals surface area contributed by atoms with Gasteiger partial charge in [0.2, 0.25) is 5.16 Å². The smallest absolute Gasteiger partial charge is 0.313 e. The van der Waals surface area contributed by atoms with Crippen LogP contribution in [0.3, 0.4) is 0 Å². The second-order valence-corrected chi connectivity index (χ2v) is 4.66. The van der Waals surface area contributed by atoms with Gasteiger partial charge >= 0.3 is 5.97 Å². The Kier molecular flexibility index (Phi) is 2.56. The van der Waals surface area contributed by atoms with Crippen molar-refractivity contribution in [1.29, 1.82) is 0 Å². The van der Waals surface area contributed by atoms with E-state index in [4.69, 9.17) is 10.9 Å². The Morgan fingerprint density at radius 2 is 2.40 bits per heavy atom. The van der Waals surface area contributed by atoms with Crippen LogP contribution in [0.5, 0.6) is 0 Å². The predicted molar refractivity (Wildman–Crippen MR) is 55.1 cm³/mol. The number of nitrogens with zero attached hydrogens (tertiary/aromatic N) is 3. The van der Waals surface area contributed by atoms with Crippen molar-refractivity contribution in [3.8, 4) is 0 Å². The van der Waals surface area contributed by atoms with Crippen molar-refractivity contribution in [3.63, 3.8) is 0 Å². The monoisotopic (exact) mass is 228 g/mol. The first-order valence-corrected chi connectivity index (χ1v) is 5.63. The number of hydrogen-bond donors (Lipinski definition) is 2. The molecule has 0 saturated heterocycles. The lowest BCUT2D eigenvalue weighted by Crippen LogP contribution is -2.14. The number of carbonyl (C=O) groups is 1. The third kappa shape index (κ3) is 2.06. The van der Waals surface area contributed by atoms with Gasteiger partial charge in [-0.2, -0.15) is 0 Å². The van der Waals surface area contributed by atoms with Crippen molar-refractivity contribution < 1.29 is 9.90 Å². The molecular formula is C8H12N4O2S. The average Bonchev–Trinajstić information content (AvgIpc) is 2.75. The Bertz CT molecular complexity index is 392. The van der Waals surface area contributed by atoms with Gasteiger partial charge < -0.3 is 10.9 Å². The molecule has 1 aromatic rings. The summed E-state index contributed by atoms with van der Waals surface area (Å²) >= 11 is 1.09. The van der Waals surface area contributed by atoms with Gasteiger partial charge in [-0.25, -0.2) is 4.68 Å². The van der Waals surface area contributed by atoms with Gasteiger partial charge in [0.05, 0.1) is 5.75 Å². The highest BCUT2D eigenvalue weighted by atomic mass is 32.2. The number of carboxylic acid groups (broad SMARTS) is 1. The Hall–Kier alpha value is -1.24. The van der Waals surface area contributed by atoms with Crippen LogP contribution in [-0.4, -0.2) is 31.7 Å². The minimum Gasteiger partial charge on any atom is -0.481 e. The maximum atomic E-state index is 10.4. The summed E-state index contributed by atoms with van der Waals surface area (Å²) < 4.78 is 1.40. The minimum absolute atomic E-state index is 0.0461. The lowest BCUT2D eigenvalue weighted by molar-refractivity contribution is -0.133. The Labute approximate surface area is 90.8 Å². The summed E-state index contributed by atoms with van der Waals surface area (Å²) in [7, 11) is 0. The third-order valence-corrected chi connectivity index (χ3v) is 3.38. The number of thioether (sulfide) groups is 1. The summed E-state index contributed by atoms with van der Waals surface area (Å²) in [5.74, 6) is 6.60. The SMILES string of the molecule is CC1CC1c1nnc(SCC(=O)O)n1N. The molecule has 2 rings (SSSR count). The van der Waals surface area contributed by atoms with Crippen LogP contribution < -0.4 is 5.84 Å². The van der Waals surface area contributed by atoms with Crippen LogP contribution in [0.1, 0.15) is 25.1 Å². The molecule has 7 heteroatoms. The van der Waals surface area contributed by atoms with E-state index in [1.54, 1.807) is 0 Å². The maximum Gasteiger partial charge on any atom is 0.313 e. The summed E-state index contributed by atoms with van der Waals surface area (Å²) in [6.07, 6.45) is 1.08. The molecule has 0 radical (unpaired) electrons. The largest absolute Gasteiger partial charge is 0.481 e. The first-order valence-electron chi connectivity index (χ1n) is 4.64. The first kappa shape index (κ1) is 10.3. The fourth-order valence-corrected chi connectivity index (χ4v) is 2.03. The van der Waals surface area contributed by atoms with E-state index in [2.05, 4.69) is 17.1 Å². The van der Waals surface area contributed by atoms with Crippen molar-refractivity contribution in [2.45, 2.75) is 24.4 Å². The molecule has 0 aromatic carbocycles. The molecule has 0 aliphatic heterocycles. The lowest BCUT2D eigenvalue weighted by atomic mass is 10.3. The molecule has 1 fully saturated rings. The number of carboxylic acids is 1. The highest BCUT2D eigenvalue weighted by molar-refractivity contribution is 7.99. The number of aromatic nitrogens is 3. The Balaban J connectivity index is 2.06. The Morgan fingerprint density at radius 1 is 1.73 bits per heavy atom. The molecule has 1 heterocycles. The van der Waals surface area contributed by atoms with Gasteiger partial charge in [-0.1, -0.05) is 18.7 Å². The van der Waals surface area contributed by atoms with Crippen molar-refractivity contribution in [2.24, 2.45) is 5.92 Å². The zero-order valence-corrected chi connectivity index (χ0v) is 9.07. The number of hydrogen-bond acceptors (Lipinski definition) is 5. The average molecular weight is 228 g/mol. The van der Waals surface area contributed by atoms with E-state index in [9.17, 15) is 4.79 Å². The van der Waals surface area contributed by atoms with Crippen LogP contribution in [-0.2, 0) is 4.79 Å². The van der Waals surface area contributed by atoms with E-state index in [0.717, 1.165) is 24.0 Å². The van der Waals surface area contributed by atoms with Crippen LogP contribution in [0.25, 0.3) is 0 Å². The van der Waals surface area contributed by atoms with E-state index >= 15 is 0 Å². The molecule has 6 nitrogen and oxygen atoms in total. The topological polar surface area (TPSA) is 94.0 Å². The maximum absolute atomic E-state index is 10.4. The van der Waals surface area contributed by atoms with Crippen molar-refractivity contribution in [1.82, 2.24) is 14.9 Å². The van der Waals surface area contributed by atoms with Gasteiger partial charge in [0.25, 0.3) is 0 Å². The van der Waals surface area contributed by atoms with Crippen molar-refractivity contribution in [2.75, 3.05) is 11.6 Å². The van der Waals surface area contributed by atoms with Crippen molar-refractivity contribution in [3.05, 3.63) is 5.82 Å². The highest BCUT2D eigenvalue weighted by Gasteiger charge is 2.38. The number of nitrogens with two attached hydrogens (primary N) is 1. The second-order valence-electron chi connectivity index (χ2n) is 3.71. The van der Waals surface area contributed by atoms with Gasteiger partial charge in [-0.15, -0.1) is 10.2 Å². The summed E-state index contributed by atoms with van der Waals surface area (Å²) in [5, 5.41) is 16.8. The summed E-state index contributed by atoms with van der Waals surface area (Å²) in [5.41, 5.74) is 0. The molecule has 15 heavy (non-hydrogen) atoms. The predicted octanol–water partition coefficient (Wildman–Crippen LogP) is 0.292. The normalized spacial score (nSPS) is 24.1. The standard InChI is InChI=1S/C8H12N4O2S/c1-4-2-5(4)7-10-11-8(12(7)9)15-3-6(13)14/h4-5H,2-3,9H2,1H3,(H,13,14). The van der Waals surface area contributed by atoms with E-state index in [1.165, 1.54) is 4.68 Å². The van der Waals surface area contributed by atoms with E-state index in [0.29, 0.717) is 17.0 Å². The highest BCUT2D eigenvalue weighted by Crippen LogP contribution is 2.46. The molecule has 82 valence electrons. The van der Waals surface area contributed by atoms with Crippen LogP contribution in [0.2, 0.25) is 0 Å². The lowest BCUT2D eigenvalue weighted by Gasteiger charge is -2.00. The van der Waals surface area contributed by atoms with Gasteiger partial charge in [0, 0.05) is 5.92 Å². The number of nitrogen functional groups attached to an aromatic ring is 1. The van der Waals surface area contributed by atoms with E-state index in [1.807, 2.05) is 0 Å². The minimum atomic E-state index is -0.885. The number of rotatable bonds is 4. The summed E-state index contributed by atoms with van der Waals surface area (Å²) in [6, 6.07) is 0. The zero-order chi connectivity index (χ0) is 11.0. The summed E-state index contributed by atoms with van der Waals surface area (Å²) in [4.78, 5) is 10.4. The summed E-state index contributed by atoms with van der Waals surface area (Å²) in [6.45, 7) is 2.13. The van der Waals surface area contributed by atoms with Crippen LogP contribution >= 0.6 is 11.8 Å². The molecule has 3 N–H and O–H groups in total. The quantitative estimate of drug-likeness (QED) is 0.568. The van der Waals surface area contributed by atoms with Crippen LogP contribution in [0.15, 0.2) is 5.16 Å². The molecule has 2 unspecified atom stereocenters. The molecule has 0 bridgehead atoms. The molecule has 1 aliphatic carbocycles. The molecule has 0 amide bonds. The molecule has 1 aliphatic rings. The van der Waals surface area contributed by atoms with Gasteiger partial charge in [-0.3, -0.25) is 4.79 Å². The molecular weight excluding hydrogens is 216 g/mol. The van der Waals surface area contributed by atoms with Crippen molar-refractivity contribution >= 4 is 17.7 Å². The van der Waals surface area contributed by atoms with E-state index < -0.39 is 5.97 Å². The molecule has 1 saturated carbocycles. The van der Waals surface area contributed by atoms with Gasteiger partial charge in [0.1, 0.15) is 0 Å². The molecule has 2 atom stereocenters. The van der Waals surface area contributed by atoms with Gasteiger partial charge in [-0.05, 0) is 12.3 Å². The molecule has 1 aromatic heterocycles. The second kappa shape index (κ2) is 3.73. The van der Waals surface area contributed by atoms with Crippen LogP contribution in [0, 0.1) is 5.92 Å². The first-order chi connectivity index (χ1) is 7.09.